The molecule has 1 N–H and O–H groups in total. The molecule has 0 radical (unpaired) electrons. The molecule has 4 heteroatoms. The molecule has 0 aliphatic rings. The SMILES string of the molecule is OCC(Cc1cc(F)cc(Br)c1)c1cccc(Cl)c1. The van der Waals surface area contributed by atoms with E-state index in [2.05, 4.69) is 15.9 Å². The van der Waals surface area contributed by atoms with Gasteiger partial charge < -0.3 is 5.11 Å². The molecule has 19 heavy (non-hydrogen) atoms. The first kappa shape index (κ1) is 14.5. The molecule has 2 aromatic rings. The molecule has 0 saturated heterocycles. The van der Waals surface area contributed by atoms with Crippen LogP contribution in [-0.4, -0.2) is 11.7 Å². The first-order chi connectivity index (χ1) is 9.08. The molecule has 0 aliphatic heterocycles. The fourth-order valence-electron chi connectivity index (χ4n) is 2.06. The van der Waals surface area contributed by atoms with E-state index >= 15 is 0 Å². The molecular weight excluding hydrogens is 331 g/mol. The Morgan fingerprint density at radius 2 is 2.00 bits per heavy atom. The average molecular weight is 344 g/mol. The fourth-order valence-corrected chi connectivity index (χ4v) is 2.77. The minimum absolute atomic E-state index is 0.00548. The fraction of sp³-hybridized carbons (Fsp3) is 0.200. The van der Waals surface area contributed by atoms with Crippen molar-refractivity contribution in [2.24, 2.45) is 0 Å². The molecule has 2 rings (SSSR count). The summed E-state index contributed by atoms with van der Waals surface area (Å²) in [5.74, 6) is -0.375. The van der Waals surface area contributed by atoms with Crippen LogP contribution in [0.5, 0.6) is 0 Å². The number of aliphatic hydroxyl groups is 1. The molecule has 100 valence electrons. The van der Waals surface area contributed by atoms with Crippen LogP contribution in [0.4, 0.5) is 4.39 Å². The first-order valence-corrected chi connectivity index (χ1v) is 7.07. The molecular formula is C15H13BrClFO. The lowest BCUT2D eigenvalue weighted by Crippen LogP contribution is -2.08. The van der Waals surface area contributed by atoms with Crippen LogP contribution in [0.2, 0.25) is 5.02 Å². The molecule has 1 atom stereocenters. The zero-order chi connectivity index (χ0) is 13.8. The highest BCUT2D eigenvalue weighted by molar-refractivity contribution is 9.10. The maximum atomic E-state index is 13.3. The predicted molar refractivity (Wildman–Crippen MR) is 79.1 cm³/mol. The lowest BCUT2D eigenvalue weighted by Gasteiger charge is -2.15. The molecule has 0 bridgehead atoms. The van der Waals surface area contributed by atoms with Crippen LogP contribution in [-0.2, 0) is 6.42 Å². The summed E-state index contributed by atoms with van der Waals surface area (Å²) in [5, 5.41) is 10.2. The number of halogens is 3. The molecule has 1 unspecified atom stereocenters. The van der Waals surface area contributed by atoms with Crippen molar-refractivity contribution in [2.75, 3.05) is 6.61 Å². The maximum Gasteiger partial charge on any atom is 0.124 e. The van der Waals surface area contributed by atoms with Crippen molar-refractivity contribution in [1.82, 2.24) is 0 Å². The van der Waals surface area contributed by atoms with Crippen LogP contribution < -0.4 is 0 Å². The van der Waals surface area contributed by atoms with E-state index in [1.165, 1.54) is 12.1 Å². The third kappa shape index (κ3) is 4.03. The summed E-state index contributed by atoms with van der Waals surface area (Å²) in [5.41, 5.74) is 1.79. The summed E-state index contributed by atoms with van der Waals surface area (Å²) in [7, 11) is 0. The van der Waals surface area contributed by atoms with Gasteiger partial charge in [-0.25, -0.2) is 4.39 Å². The van der Waals surface area contributed by atoms with Crippen molar-refractivity contribution >= 4 is 27.5 Å². The van der Waals surface area contributed by atoms with E-state index in [1.807, 2.05) is 24.3 Å². The summed E-state index contributed by atoms with van der Waals surface area (Å²) >= 11 is 9.22. The van der Waals surface area contributed by atoms with Crippen molar-refractivity contribution in [3.05, 3.63) is 68.9 Å². The highest BCUT2D eigenvalue weighted by Gasteiger charge is 2.12. The lowest BCUT2D eigenvalue weighted by molar-refractivity contribution is 0.264. The number of hydrogen-bond acceptors (Lipinski definition) is 1. The summed E-state index contributed by atoms with van der Waals surface area (Å²) in [6.45, 7) is -0.00548. The van der Waals surface area contributed by atoms with Crippen LogP contribution in [0.15, 0.2) is 46.9 Å². The van der Waals surface area contributed by atoms with Gasteiger partial charge in [-0.1, -0.05) is 39.7 Å². The van der Waals surface area contributed by atoms with Gasteiger partial charge in [-0.15, -0.1) is 0 Å². The molecule has 0 heterocycles. The lowest BCUT2D eigenvalue weighted by atomic mass is 9.93. The Labute approximate surface area is 125 Å². The Morgan fingerprint density at radius 1 is 1.21 bits per heavy atom. The molecule has 2 aromatic carbocycles. The molecule has 0 aromatic heterocycles. The van der Waals surface area contributed by atoms with E-state index in [4.69, 9.17) is 11.6 Å². The van der Waals surface area contributed by atoms with Gasteiger partial charge in [0.2, 0.25) is 0 Å². The molecule has 0 aliphatic carbocycles. The molecule has 1 nitrogen and oxygen atoms in total. The Kier molecular flexibility index (Phi) is 4.97. The van der Waals surface area contributed by atoms with Gasteiger partial charge in [0.25, 0.3) is 0 Å². The Balaban J connectivity index is 2.23. The molecule has 0 spiro atoms. The maximum absolute atomic E-state index is 13.3. The quantitative estimate of drug-likeness (QED) is 0.863. The van der Waals surface area contributed by atoms with Gasteiger partial charge in [0, 0.05) is 15.4 Å². The van der Waals surface area contributed by atoms with Crippen molar-refractivity contribution in [2.45, 2.75) is 12.3 Å². The minimum Gasteiger partial charge on any atom is -0.396 e. The first-order valence-electron chi connectivity index (χ1n) is 5.90. The second kappa shape index (κ2) is 6.51. The number of rotatable bonds is 4. The van der Waals surface area contributed by atoms with Crippen LogP contribution in [0.25, 0.3) is 0 Å². The topological polar surface area (TPSA) is 20.2 Å². The predicted octanol–water partition coefficient (Wildman–Crippen LogP) is 4.56. The van der Waals surface area contributed by atoms with E-state index in [0.717, 1.165) is 11.1 Å². The van der Waals surface area contributed by atoms with Crippen LogP contribution in [0.1, 0.15) is 17.0 Å². The summed E-state index contributed by atoms with van der Waals surface area (Å²) in [4.78, 5) is 0. The highest BCUT2D eigenvalue weighted by Crippen LogP contribution is 2.25. The van der Waals surface area contributed by atoms with Gasteiger partial charge in [-0.2, -0.15) is 0 Å². The van der Waals surface area contributed by atoms with E-state index in [-0.39, 0.29) is 18.3 Å². The summed E-state index contributed by atoms with van der Waals surface area (Å²) in [6, 6.07) is 12.1. The molecule has 0 fully saturated rings. The zero-order valence-electron chi connectivity index (χ0n) is 10.1. The third-order valence-electron chi connectivity index (χ3n) is 2.94. The van der Waals surface area contributed by atoms with Crippen molar-refractivity contribution < 1.29 is 9.50 Å². The van der Waals surface area contributed by atoms with E-state index in [0.29, 0.717) is 15.9 Å². The van der Waals surface area contributed by atoms with Crippen molar-refractivity contribution in [3.8, 4) is 0 Å². The monoisotopic (exact) mass is 342 g/mol. The van der Waals surface area contributed by atoms with Crippen molar-refractivity contribution in [1.29, 1.82) is 0 Å². The summed E-state index contributed by atoms with van der Waals surface area (Å²) < 4.78 is 14.0. The van der Waals surface area contributed by atoms with Crippen LogP contribution in [0.3, 0.4) is 0 Å². The van der Waals surface area contributed by atoms with Crippen molar-refractivity contribution in [3.63, 3.8) is 0 Å². The summed E-state index contributed by atoms with van der Waals surface area (Å²) in [6.07, 6.45) is 0.563. The second-order valence-electron chi connectivity index (χ2n) is 4.42. The van der Waals surface area contributed by atoms with Gasteiger partial charge in [-0.05, 0) is 47.9 Å². The van der Waals surface area contributed by atoms with Gasteiger partial charge in [0.05, 0.1) is 6.61 Å². The van der Waals surface area contributed by atoms with Gasteiger partial charge in [0.15, 0.2) is 0 Å². The largest absolute Gasteiger partial charge is 0.396 e. The smallest absolute Gasteiger partial charge is 0.124 e. The third-order valence-corrected chi connectivity index (χ3v) is 3.64. The van der Waals surface area contributed by atoms with E-state index in [9.17, 15) is 9.50 Å². The van der Waals surface area contributed by atoms with Gasteiger partial charge in [-0.3, -0.25) is 0 Å². The Morgan fingerprint density at radius 3 is 2.63 bits per heavy atom. The standard InChI is InChI=1S/C15H13BrClFO/c16-13-5-10(6-15(18)8-13)4-12(9-19)11-2-1-3-14(17)7-11/h1-3,5-8,12,19H,4,9H2. The number of benzene rings is 2. The highest BCUT2D eigenvalue weighted by atomic mass is 79.9. The zero-order valence-corrected chi connectivity index (χ0v) is 12.5. The van der Waals surface area contributed by atoms with E-state index < -0.39 is 0 Å². The second-order valence-corrected chi connectivity index (χ2v) is 5.77. The molecule has 0 amide bonds. The molecule has 0 saturated carbocycles. The number of aliphatic hydroxyl groups excluding tert-OH is 1. The van der Waals surface area contributed by atoms with Gasteiger partial charge >= 0.3 is 0 Å². The normalized spacial score (nSPS) is 12.4. The Bertz CT molecular complexity index is 554. The Hall–Kier alpha value is -0.900. The van der Waals surface area contributed by atoms with E-state index in [1.54, 1.807) is 6.07 Å². The van der Waals surface area contributed by atoms with Gasteiger partial charge in [0.1, 0.15) is 5.82 Å². The minimum atomic E-state index is -0.285. The number of hydrogen-bond donors (Lipinski definition) is 1. The average Bonchev–Trinajstić information content (AvgIpc) is 2.34. The van der Waals surface area contributed by atoms with Crippen LogP contribution >= 0.6 is 27.5 Å². The van der Waals surface area contributed by atoms with Crippen LogP contribution in [0, 0.1) is 5.82 Å².